The topological polar surface area (TPSA) is 6.48 Å². The molecule has 0 unspecified atom stereocenters. The number of rotatable bonds is 10. The van der Waals surface area contributed by atoms with Crippen molar-refractivity contribution in [1.82, 2.24) is 0 Å². The van der Waals surface area contributed by atoms with Crippen molar-refractivity contribution in [3.8, 4) is 44.5 Å². The van der Waals surface area contributed by atoms with Gasteiger partial charge in [-0.25, -0.2) is 0 Å². The van der Waals surface area contributed by atoms with Gasteiger partial charge >= 0.3 is 0 Å². The summed E-state index contributed by atoms with van der Waals surface area (Å²) in [7, 11) is 0. The molecule has 0 amide bonds. The summed E-state index contributed by atoms with van der Waals surface area (Å²) in [4.78, 5) is 4.96. The van der Waals surface area contributed by atoms with Gasteiger partial charge < -0.3 is 9.80 Å². The van der Waals surface area contributed by atoms with Crippen molar-refractivity contribution in [2.24, 2.45) is 0 Å². The average molecular weight is 1160 g/mol. The van der Waals surface area contributed by atoms with E-state index < -0.39 is 0 Å². The van der Waals surface area contributed by atoms with Crippen molar-refractivity contribution in [3.63, 3.8) is 0 Å². The molecule has 2 nitrogen and oxygen atoms in total. The molecule has 5 aliphatic rings. The van der Waals surface area contributed by atoms with Gasteiger partial charge in [0.1, 0.15) is 0 Å². The molecule has 17 rings (SSSR count). The van der Waals surface area contributed by atoms with E-state index in [1.807, 2.05) is 0 Å². The molecule has 0 radical (unpaired) electrons. The van der Waals surface area contributed by atoms with Crippen LogP contribution < -0.4 is 9.80 Å². The van der Waals surface area contributed by atoms with Gasteiger partial charge in [0, 0.05) is 45.0 Å². The number of fused-ring (bicyclic) bond motifs is 8. The summed E-state index contributed by atoms with van der Waals surface area (Å²) in [6.45, 7) is 9.66. The summed E-state index contributed by atoms with van der Waals surface area (Å²) in [6, 6.07) is 90.1. The fourth-order valence-corrected chi connectivity index (χ4v) is 16.1. The lowest BCUT2D eigenvalue weighted by molar-refractivity contribution is 0.607. The van der Waals surface area contributed by atoms with Crippen molar-refractivity contribution in [3.05, 3.63) is 318 Å². The maximum atomic E-state index is 2.52. The van der Waals surface area contributed by atoms with Crippen LogP contribution in [-0.4, -0.2) is 0 Å². The monoisotopic (exact) mass is 1150 g/mol. The van der Waals surface area contributed by atoms with Crippen molar-refractivity contribution in [1.29, 1.82) is 0 Å². The Balaban J connectivity index is 0.841. The summed E-state index contributed by atoms with van der Waals surface area (Å²) in [6.07, 6.45) is 22.7. The van der Waals surface area contributed by atoms with Crippen LogP contribution in [0.2, 0.25) is 0 Å². The number of anilines is 5. The smallest absolute Gasteiger partial charge is 0.0468 e. The van der Waals surface area contributed by atoms with Gasteiger partial charge in [-0.3, -0.25) is 0 Å². The van der Waals surface area contributed by atoms with Gasteiger partial charge in [0.25, 0.3) is 0 Å². The fraction of sp³-hybridized carbons (Fsp3) is 0.136. The van der Waals surface area contributed by atoms with E-state index in [2.05, 4.69) is 317 Å². The van der Waals surface area contributed by atoms with Crippen LogP contribution in [0.4, 0.5) is 28.4 Å². The molecule has 2 heteroatoms. The van der Waals surface area contributed by atoms with E-state index in [4.69, 9.17) is 0 Å². The van der Waals surface area contributed by atoms with Crippen molar-refractivity contribution < 1.29 is 0 Å². The molecule has 0 heterocycles. The number of nitrogens with zero attached hydrogens (tertiary/aromatic N) is 2. The van der Waals surface area contributed by atoms with Crippen molar-refractivity contribution >= 4 is 82.7 Å². The van der Waals surface area contributed by atoms with Gasteiger partial charge in [0.05, 0.1) is 0 Å². The predicted molar refractivity (Wildman–Crippen MR) is 385 cm³/mol. The quantitative estimate of drug-likeness (QED) is 0.126. The number of benzene rings is 12. The minimum absolute atomic E-state index is 0.00911. The molecule has 12 aromatic carbocycles. The zero-order valence-corrected chi connectivity index (χ0v) is 51.7. The Bertz CT molecular complexity index is 5150. The van der Waals surface area contributed by atoms with E-state index in [1.165, 1.54) is 127 Å². The van der Waals surface area contributed by atoms with Crippen LogP contribution in [0.3, 0.4) is 0 Å². The maximum absolute atomic E-state index is 2.52. The van der Waals surface area contributed by atoms with E-state index in [1.54, 1.807) is 11.1 Å². The van der Waals surface area contributed by atoms with Crippen LogP contribution in [0.5, 0.6) is 0 Å². The number of allylic oxidation sites excluding steroid dienone is 12. The largest absolute Gasteiger partial charge is 0.314 e. The maximum Gasteiger partial charge on any atom is 0.0468 e. The third-order valence-electron chi connectivity index (χ3n) is 20.7. The first-order valence-corrected chi connectivity index (χ1v) is 32.5. The first-order valence-electron chi connectivity index (χ1n) is 32.5. The van der Waals surface area contributed by atoms with Crippen molar-refractivity contribution in [2.75, 3.05) is 9.80 Å². The Morgan fingerprint density at radius 1 is 0.311 bits per heavy atom. The zero-order valence-electron chi connectivity index (χ0n) is 51.7. The summed E-state index contributed by atoms with van der Waals surface area (Å²) >= 11 is 0. The Labute approximate surface area is 529 Å². The number of hydrogen-bond acceptors (Lipinski definition) is 2. The Hall–Kier alpha value is -10.3. The van der Waals surface area contributed by atoms with Crippen molar-refractivity contribution in [2.45, 2.75) is 77.0 Å². The highest BCUT2D eigenvalue weighted by atomic mass is 15.2. The van der Waals surface area contributed by atoms with Crippen LogP contribution in [0.15, 0.2) is 296 Å². The average Bonchev–Trinajstić information content (AvgIpc) is 1.92. The minimum atomic E-state index is 0.00911. The highest BCUT2D eigenvalue weighted by Gasteiger charge is 2.39. The molecule has 0 saturated heterocycles. The highest BCUT2D eigenvalue weighted by Crippen LogP contribution is 2.54. The molecular formula is C88H70N2. The molecule has 12 aromatic rings. The molecule has 432 valence electrons. The highest BCUT2D eigenvalue weighted by molar-refractivity contribution is 6.23. The first kappa shape index (κ1) is 53.9. The SMILES string of the molecule is CC1(C)C2=C(C=CCC2)c2ccc(-c3ccc(N(C4=CC=CCC4)c4ccc5c(-c6ccc7ccccc7c6)c6cc(N(c7ccccc7)c7ccc(-c8ccc9c(c8)C(C)(C)C8=C9C=CCC8)cc7)ccc6c(-c6ccc7ccccc7c6)c5c4)cc3)cc21. The second-order valence-corrected chi connectivity index (χ2v) is 26.5. The molecule has 0 aliphatic heterocycles. The van der Waals surface area contributed by atoms with Crippen LogP contribution in [0, 0.1) is 0 Å². The normalized spacial score (nSPS) is 16.0. The Morgan fingerprint density at radius 3 is 1.23 bits per heavy atom. The molecule has 0 aromatic heterocycles. The second-order valence-electron chi connectivity index (χ2n) is 26.5. The Kier molecular flexibility index (Phi) is 12.7. The number of hydrogen-bond donors (Lipinski definition) is 0. The lowest BCUT2D eigenvalue weighted by Crippen LogP contribution is -2.18. The minimum Gasteiger partial charge on any atom is -0.314 e. The molecule has 0 fully saturated rings. The summed E-state index contributed by atoms with van der Waals surface area (Å²) < 4.78 is 0. The molecule has 0 bridgehead atoms. The zero-order chi connectivity index (χ0) is 60.2. The van der Waals surface area contributed by atoms with E-state index in [-0.39, 0.29) is 10.8 Å². The van der Waals surface area contributed by atoms with E-state index in [9.17, 15) is 0 Å². The molecule has 5 aliphatic carbocycles. The van der Waals surface area contributed by atoms with Crippen LogP contribution in [0.25, 0.3) is 98.7 Å². The molecule has 0 atom stereocenters. The Morgan fingerprint density at radius 2 is 0.733 bits per heavy atom. The van der Waals surface area contributed by atoms with Crippen LogP contribution in [-0.2, 0) is 10.8 Å². The van der Waals surface area contributed by atoms with E-state index in [0.29, 0.717) is 0 Å². The first-order chi connectivity index (χ1) is 44.1. The lowest BCUT2D eigenvalue weighted by atomic mass is 9.78. The predicted octanol–water partition coefficient (Wildman–Crippen LogP) is 24.6. The third kappa shape index (κ3) is 8.82. The van der Waals surface area contributed by atoms with Gasteiger partial charge in [-0.1, -0.05) is 227 Å². The molecule has 90 heavy (non-hydrogen) atoms. The number of para-hydroxylation sites is 1. The molecule has 0 spiro atoms. The lowest BCUT2D eigenvalue weighted by Gasteiger charge is -2.30. The summed E-state index contributed by atoms with van der Waals surface area (Å²) in [5.74, 6) is 0. The van der Waals surface area contributed by atoms with Gasteiger partial charge in [-0.2, -0.15) is 0 Å². The third-order valence-corrected chi connectivity index (χ3v) is 20.7. The van der Waals surface area contributed by atoms with Crippen LogP contribution >= 0.6 is 0 Å². The van der Waals surface area contributed by atoms with E-state index >= 15 is 0 Å². The van der Waals surface area contributed by atoms with Gasteiger partial charge in [0.15, 0.2) is 0 Å². The molecule has 0 N–H and O–H groups in total. The standard InChI is InChI=1S/C88H70N2/c1-87(2)81-29-17-15-27-73(81)75-47-39-63(53-83(75)87)59-35-41-69(42-36-59)89(67-23-7-5-8-24-67)71-45-49-77-79(55-71)85(65-33-31-57-19-11-13-21-61(57)51-65)78-50-46-72(56-80(78)86(77)66-34-32-58-20-12-14-22-62(58)52-66)90(68-25-9-6-10-26-68)70-43-37-60(38-44-70)64-40-48-76-74-28-16-18-30-82(74)88(3,4)84(76)54-64/h5-9,11-16,19-25,27-28,31-56H,10,17-18,26,29-30H2,1-4H3. The van der Waals surface area contributed by atoms with Gasteiger partial charge in [0.2, 0.25) is 0 Å². The fourth-order valence-electron chi connectivity index (χ4n) is 16.1. The summed E-state index contributed by atoms with van der Waals surface area (Å²) in [5.41, 5.74) is 28.3. The second kappa shape index (κ2) is 21.2. The molecular weight excluding hydrogens is 1080 g/mol. The summed E-state index contributed by atoms with van der Waals surface area (Å²) in [5, 5.41) is 9.72. The van der Waals surface area contributed by atoms with Gasteiger partial charge in [-0.05, 0) is 251 Å². The molecule has 0 saturated carbocycles. The van der Waals surface area contributed by atoms with Crippen LogP contribution in [0.1, 0.15) is 88.5 Å². The van der Waals surface area contributed by atoms with E-state index in [0.717, 1.165) is 67.0 Å². The van der Waals surface area contributed by atoms with Gasteiger partial charge in [-0.15, -0.1) is 0 Å².